The molecule has 0 aliphatic heterocycles. The predicted octanol–water partition coefficient (Wildman–Crippen LogP) is 4.73. The monoisotopic (exact) mass is 403 g/mol. The van der Waals surface area contributed by atoms with Crippen LogP contribution in [0.2, 0.25) is 0 Å². The van der Waals surface area contributed by atoms with Crippen molar-refractivity contribution in [1.82, 2.24) is 0 Å². The fraction of sp³-hybridized carbons (Fsp3) is 1.00. The summed E-state index contributed by atoms with van der Waals surface area (Å²) in [5.41, 5.74) is 0. The summed E-state index contributed by atoms with van der Waals surface area (Å²) in [6, 6.07) is 0. The zero-order chi connectivity index (χ0) is 8.00. The molecule has 0 amide bonds. The van der Waals surface area contributed by atoms with E-state index >= 15 is 0 Å². The minimum Gasteiger partial charge on any atom is -0.0776 e. The van der Waals surface area contributed by atoms with Crippen molar-refractivity contribution in [2.75, 3.05) is 0 Å². The molecule has 0 fully saturated rings. The Labute approximate surface area is 158 Å². The third kappa shape index (κ3) is 184. The van der Waals surface area contributed by atoms with Gasteiger partial charge in [0.05, 0.1) is 0 Å². The Bertz CT molecular complexity index is 9.74. The van der Waals surface area contributed by atoms with Crippen LogP contribution in [-0.4, -0.2) is 0 Å². The summed E-state index contributed by atoms with van der Waals surface area (Å²) in [4.78, 5) is 0. The van der Waals surface area contributed by atoms with Crippen molar-refractivity contribution >= 4 is 0 Å². The molecule has 0 N–H and O–H groups in total. The van der Waals surface area contributed by atoms with Crippen LogP contribution in [0.5, 0.6) is 0 Å². The molecular weight excluding hydrogens is 375 g/mol. The van der Waals surface area contributed by atoms with Crippen molar-refractivity contribution in [2.45, 2.75) is 62.8 Å². The van der Waals surface area contributed by atoms with E-state index in [0.29, 0.717) is 0 Å². The first-order valence-corrected chi connectivity index (χ1v) is 4.00. The number of rotatable bonds is 0. The van der Waals surface area contributed by atoms with Crippen molar-refractivity contribution in [3.05, 3.63) is 0 Å². The largest absolute Gasteiger partial charge is 0.0776 e. The van der Waals surface area contributed by atoms with Gasteiger partial charge in [-0.05, 0) is 0 Å². The minimum atomic E-state index is 0. The van der Waals surface area contributed by atoms with E-state index in [4.69, 9.17) is 0 Å². The van der Waals surface area contributed by atoms with Gasteiger partial charge >= 0.3 is 0 Å². The average molecular weight is 403 g/mol. The first-order chi connectivity index (χ1) is 4.00. The molecular formula is C9H28Y3. The SMILES string of the molecule is C.CC.CC.CC.CC.[Y].[Y].[Y]. The van der Waals surface area contributed by atoms with Crippen LogP contribution in [0.1, 0.15) is 62.8 Å². The fourth-order valence-corrected chi connectivity index (χ4v) is 0. The van der Waals surface area contributed by atoms with Gasteiger partial charge in [-0.25, -0.2) is 0 Å². The summed E-state index contributed by atoms with van der Waals surface area (Å²) in [6.45, 7) is 16.0. The Morgan fingerprint density at radius 1 is 0.333 bits per heavy atom. The molecule has 0 rings (SSSR count). The molecule has 0 atom stereocenters. The molecule has 0 aliphatic carbocycles. The summed E-state index contributed by atoms with van der Waals surface area (Å²) < 4.78 is 0. The maximum absolute atomic E-state index is 2.00. The van der Waals surface area contributed by atoms with Crippen LogP contribution in [0.4, 0.5) is 0 Å². The molecule has 0 aromatic carbocycles. The van der Waals surface area contributed by atoms with Crippen molar-refractivity contribution in [3.63, 3.8) is 0 Å². The van der Waals surface area contributed by atoms with Gasteiger partial charge in [0.1, 0.15) is 0 Å². The maximum atomic E-state index is 2.00. The molecule has 0 saturated heterocycles. The molecule has 0 aromatic heterocycles. The van der Waals surface area contributed by atoms with Crippen LogP contribution in [-0.2, 0) is 98.1 Å². The molecule has 0 aliphatic rings. The maximum Gasteiger partial charge on any atom is 0 e. The Morgan fingerprint density at radius 3 is 0.333 bits per heavy atom. The summed E-state index contributed by atoms with van der Waals surface area (Å²) in [6.07, 6.45) is 0. The standard InChI is InChI=1S/4C2H6.CH4.3Y/c4*1-2;;;;/h4*1-2H3;1H4;;;. The van der Waals surface area contributed by atoms with E-state index in [2.05, 4.69) is 0 Å². The average Bonchev–Trinajstić information content (AvgIpc) is 2.03. The Morgan fingerprint density at radius 2 is 0.333 bits per heavy atom. The third-order valence-electron chi connectivity index (χ3n) is 0. The van der Waals surface area contributed by atoms with Crippen LogP contribution >= 0.6 is 0 Å². The smallest absolute Gasteiger partial charge is 0 e. The minimum absolute atomic E-state index is 0. The van der Waals surface area contributed by atoms with E-state index in [1.165, 1.54) is 0 Å². The van der Waals surface area contributed by atoms with Crippen LogP contribution in [0, 0.1) is 0 Å². The molecule has 3 radical (unpaired) electrons. The molecule has 0 heterocycles. The predicted molar refractivity (Wildman–Crippen MR) is 52.1 cm³/mol. The van der Waals surface area contributed by atoms with Gasteiger partial charge in [-0.3, -0.25) is 0 Å². The first-order valence-electron chi connectivity index (χ1n) is 4.00. The normalized spacial score (nSPS) is 2.00. The second kappa shape index (κ2) is 231. The number of hydrogen-bond acceptors (Lipinski definition) is 0. The topological polar surface area (TPSA) is 0 Å². The van der Waals surface area contributed by atoms with Gasteiger partial charge in [0, 0.05) is 98.1 Å². The second-order valence-electron chi connectivity index (χ2n) is 0. The molecule has 0 saturated carbocycles. The Hall–Kier alpha value is 3.31. The Balaban J connectivity index is -0.00000000267. The van der Waals surface area contributed by atoms with Crippen LogP contribution in [0.15, 0.2) is 0 Å². The number of hydrogen-bond donors (Lipinski definition) is 0. The molecule has 73 valence electrons. The van der Waals surface area contributed by atoms with Gasteiger partial charge < -0.3 is 0 Å². The molecule has 0 aromatic rings. The van der Waals surface area contributed by atoms with Crippen molar-refractivity contribution < 1.29 is 98.1 Å². The molecule has 0 nitrogen and oxygen atoms in total. The summed E-state index contributed by atoms with van der Waals surface area (Å²) in [5.74, 6) is 0. The van der Waals surface area contributed by atoms with Crippen LogP contribution in [0.25, 0.3) is 0 Å². The van der Waals surface area contributed by atoms with Crippen LogP contribution < -0.4 is 0 Å². The van der Waals surface area contributed by atoms with E-state index in [1.807, 2.05) is 55.4 Å². The third-order valence-corrected chi connectivity index (χ3v) is 0. The zero-order valence-corrected chi connectivity index (χ0v) is 18.2. The van der Waals surface area contributed by atoms with Gasteiger partial charge in [0.25, 0.3) is 0 Å². The van der Waals surface area contributed by atoms with Crippen molar-refractivity contribution in [2.24, 2.45) is 0 Å². The first kappa shape index (κ1) is 58.7. The molecule has 0 bridgehead atoms. The molecule has 3 heteroatoms. The van der Waals surface area contributed by atoms with Gasteiger partial charge in [0.2, 0.25) is 0 Å². The molecule has 0 unspecified atom stereocenters. The summed E-state index contributed by atoms with van der Waals surface area (Å²) in [7, 11) is 0. The van der Waals surface area contributed by atoms with Gasteiger partial charge in [0.15, 0.2) is 0 Å². The van der Waals surface area contributed by atoms with Gasteiger partial charge in [-0.1, -0.05) is 62.8 Å². The summed E-state index contributed by atoms with van der Waals surface area (Å²) in [5, 5.41) is 0. The molecule has 12 heavy (non-hydrogen) atoms. The van der Waals surface area contributed by atoms with Crippen LogP contribution in [0.3, 0.4) is 0 Å². The van der Waals surface area contributed by atoms with E-state index in [0.717, 1.165) is 0 Å². The van der Waals surface area contributed by atoms with Crippen molar-refractivity contribution in [3.8, 4) is 0 Å². The van der Waals surface area contributed by atoms with E-state index in [-0.39, 0.29) is 106 Å². The summed E-state index contributed by atoms with van der Waals surface area (Å²) >= 11 is 0. The van der Waals surface area contributed by atoms with Gasteiger partial charge in [-0.15, -0.1) is 0 Å². The fourth-order valence-electron chi connectivity index (χ4n) is 0. The Kier molecular flexibility index (Phi) is 1130. The van der Waals surface area contributed by atoms with E-state index in [9.17, 15) is 0 Å². The van der Waals surface area contributed by atoms with Gasteiger partial charge in [-0.2, -0.15) is 0 Å². The quantitative estimate of drug-likeness (QED) is 0.549. The van der Waals surface area contributed by atoms with E-state index < -0.39 is 0 Å². The van der Waals surface area contributed by atoms with Crippen molar-refractivity contribution in [1.29, 1.82) is 0 Å². The second-order valence-corrected chi connectivity index (χ2v) is 0. The molecule has 0 spiro atoms. The zero-order valence-electron chi connectivity index (χ0n) is 9.73. The van der Waals surface area contributed by atoms with E-state index in [1.54, 1.807) is 0 Å².